The van der Waals surface area contributed by atoms with Crippen LogP contribution in [-0.4, -0.2) is 39.4 Å². The van der Waals surface area contributed by atoms with E-state index in [1.165, 1.54) is 11.1 Å². The monoisotopic (exact) mass is 360 g/mol. The van der Waals surface area contributed by atoms with Crippen molar-refractivity contribution in [2.75, 3.05) is 6.61 Å². The molecule has 4 heteroatoms. The standard InChI is InChI=1S/C22H32O4/c1-13-6-8-20(2)14(10-13)4-5-15-16-7-9-22(26,18(25)12-23)21(16,3)11-17(24)19(15)20/h10,15-17,19,23-24,26H,1,4-9,11-12H2,2-3H3. The summed E-state index contributed by atoms with van der Waals surface area (Å²) < 4.78 is 0. The van der Waals surface area contributed by atoms with Gasteiger partial charge >= 0.3 is 0 Å². The van der Waals surface area contributed by atoms with Crippen molar-refractivity contribution >= 4 is 5.78 Å². The maximum atomic E-state index is 12.4. The Kier molecular flexibility index (Phi) is 4.08. The fourth-order valence-electron chi connectivity index (χ4n) is 7.37. The molecule has 4 aliphatic rings. The van der Waals surface area contributed by atoms with E-state index in [-0.39, 0.29) is 17.3 Å². The van der Waals surface area contributed by atoms with Crippen molar-refractivity contribution in [2.45, 2.75) is 70.5 Å². The van der Waals surface area contributed by atoms with Gasteiger partial charge in [0.05, 0.1) is 6.10 Å². The average molecular weight is 360 g/mol. The summed E-state index contributed by atoms with van der Waals surface area (Å²) in [4.78, 5) is 12.4. The number of allylic oxidation sites excluding steroid dienone is 3. The summed E-state index contributed by atoms with van der Waals surface area (Å²) in [5, 5.41) is 31.8. The third-order valence-electron chi connectivity index (χ3n) is 8.77. The van der Waals surface area contributed by atoms with Crippen molar-refractivity contribution in [3.05, 3.63) is 23.8 Å². The van der Waals surface area contributed by atoms with Gasteiger partial charge in [-0.1, -0.05) is 37.6 Å². The molecule has 3 fully saturated rings. The zero-order valence-corrected chi connectivity index (χ0v) is 16.0. The van der Waals surface area contributed by atoms with Gasteiger partial charge < -0.3 is 15.3 Å². The van der Waals surface area contributed by atoms with E-state index in [4.69, 9.17) is 0 Å². The molecule has 3 N–H and O–H groups in total. The van der Waals surface area contributed by atoms with Gasteiger partial charge in [0.15, 0.2) is 5.78 Å². The van der Waals surface area contributed by atoms with Crippen LogP contribution >= 0.6 is 0 Å². The van der Waals surface area contributed by atoms with Crippen LogP contribution in [0.3, 0.4) is 0 Å². The van der Waals surface area contributed by atoms with Gasteiger partial charge in [0.25, 0.3) is 0 Å². The molecule has 3 saturated carbocycles. The van der Waals surface area contributed by atoms with Crippen molar-refractivity contribution in [1.82, 2.24) is 0 Å². The van der Waals surface area contributed by atoms with Gasteiger partial charge in [0, 0.05) is 5.41 Å². The number of aliphatic hydroxyl groups excluding tert-OH is 2. The number of fused-ring (bicyclic) bond motifs is 5. The van der Waals surface area contributed by atoms with E-state index in [0.29, 0.717) is 18.8 Å². The van der Waals surface area contributed by atoms with Gasteiger partial charge in [-0.3, -0.25) is 4.79 Å². The number of Topliss-reactive ketones (excluding diaryl/α,β-unsaturated/α-hetero) is 1. The highest BCUT2D eigenvalue weighted by atomic mass is 16.3. The Bertz CT molecular complexity index is 682. The molecular formula is C22H32O4. The van der Waals surface area contributed by atoms with Crippen molar-refractivity contribution in [1.29, 1.82) is 0 Å². The Morgan fingerprint density at radius 1 is 1.27 bits per heavy atom. The Balaban J connectivity index is 1.74. The molecular weight excluding hydrogens is 328 g/mol. The van der Waals surface area contributed by atoms with E-state index in [2.05, 4.69) is 19.6 Å². The summed E-state index contributed by atoms with van der Waals surface area (Å²) in [6.07, 6.45) is 7.38. The lowest BCUT2D eigenvalue weighted by molar-refractivity contribution is -0.181. The molecule has 26 heavy (non-hydrogen) atoms. The molecule has 0 saturated heterocycles. The van der Waals surface area contributed by atoms with Crippen molar-refractivity contribution < 1.29 is 20.1 Å². The third kappa shape index (κ3) is 2.15. The SMILES string of the molecule is C=C1C=C2CCC3C(C(O)CC4(C)C3CCC4(O)C(=O)CO)C2(C)CC1. The number of hydrogen-bond acceptors (Lipinski definition) is 4. The molecule has 4 nitrogen and oxygen atoms in total. The highest BCUT2D eigenvalue weighted by Gasteiger charge is 2.68. The molecule has 0 aromatic rings. The second-order valence-corrected chi connectivity index (χ2v) is 9.75. The number of hydrogen-bond donors (Lipinski definition) is 3. The molecule has 7 unspecified atom stereocenters. The second kappa shape index (κ2) is 5.76. The first kappa shape index (κ1) is 18.4. The summed E-state index contributed by atoms with van der Waals surface area (Å²) in [6, 6.07) is 0. The van der Waals surface area contributed by atoms with E-state index in [1.54, 1.807) is 0 Å². The molecule has 0 aromatic heterocycles. The third-order valence-corrected chi connectivity index (χ3v) is 8.77. The lowest BCUT2D eigenvalue weighted by Crippen LogP contribution is -2.61. The quantitative estimate of drug-likeness (QED) is 0.708. The van der Waals surface area contributed by atoms with E-state index in [9.17, 15) is 20.1 Å². The average Bonchev–Trinajstić information content (AvgIpc) is 2.86. The lowest BCUT2D eigenvalue weighted by Gasteiger charge is -2.60. The smallest absolute Gasteiger partial charge is 0.190 e. The Morgan fingerprint density at radius 2 is 2.00 bits per heavy atom. The summed E-state index contributed by atoms with van der Waals surface area (Å²) in [6.45, 7) is 7.77. The second-order valence-electron chi connectivity index (χ2n) is 9.75. The maximum Gasteiger partial charge on any atom is 0.190 e. The Labute approximate surface area is 156 Å². The van der Waals surface area contributed by atoms with E-state index < -0.39 is 29.5 Å². The summed E-state index contributed by atoms with van der Waals surface area (Å²) in [5.74, 6) is 0.239. The van der Waals surface area contributed by atoms with Crippen LogP contribution in [0.4, 0.5) is 0 Å². The molecule has 4 aliphatic carbocycles. The molecule has 0 aliphatic heterocycles. The van der Waals surface area contributed by atoms with Gasteiger partial charge in [-0.2, -0.15) is 0 Å². The molecule has 0 bridgehead atoms. The predicted octanol–water partition coefficient (Wildman–Crippen LogP) is 2.77. The van der Waals surface area contributed by atoms with Crippen LogP contribution in [-0.2, 0) is 4.79 Å². The minimum absolute atomic E-state index is 0.00739. The molecule has 0 spiro atoms. The Hall–Kier alpha value is -0.970. The topological polar surface area (TPSA) is 77.8 Å². The molecule has 0 heterocycles. The number of carbonyl (C=O) groups excluding carboxylic acids is 1. The fourth-order valence-corrected chi connectivity index (χ4v) is 7.37. The van der Waals surface area contributed by atoms with Crippen LogP contribution in [0.2, 0.25) is 0 Å². The van der Waals surface area contributed by atoms with Gasteiger partial charge in [0.1, 0.15) is 12.2 Å². The minimum Gasteiger partial charge on any atom is -0.393 e. The van der Waals surface area contributed by atoms with Crippen molar-refractivity contribution in [3.63, 3.8) is 0 Å². The summed E-state index contributed by atoms with van der Waals surface area (Å²) in [7, 11) is 0. The first-order chi connectivity index (χ1) is 12.2. The zero-order chi connectivity index (χ0) is 18.9. The number of aliphatic hydroxyl groups is 3. The zero-order valence-electron chi connectivity index (χ0n) is 16.0. The maximum absolute atomic E-state index is 12.4. The van der Waals surface area contributed by atoms with Crippen molar-refractivity contribution in [3.8, 4) is 0 Å². The predicted molar refractivity (Wildman–Crippen MR) is 99.3 cm³/mol. The van der Waals surface area contributed by atoms with Crippen LogP contribution in [0, 0.1) is 28.6 Å². The van der Waals surface area contributed by atoms with Gasteiger partial charge in [-0.05, 0) is 68.1 Å². The molecule has 0 amide bonds. The fraction of sp³-hybridized carbons (Fsp3) is 0.773. The minimum atomic E-state index is -1.50. The van der Waals surface area contributed by atoms with E-state index >= 15 is 0 Å². The highest BCUT2D eigenvalue weighted by molar-refractivity contribution is 5.89. The van der Waals surface area contributed by atoms with Crippen LogP contribution in [0.1, 0.15) is 58.8 Å². The van der Waals surface area contributed by atoms with Gasteiger partial charge in [0.2, 0.25) is 0 Å². The number of rotatable bonds is 2. The Morgan fingerprint density at radius 3 is 2.69 bits per heavy atom. The first-order valence-corrected chi connectivity index (χ1v) is 10.1. The van der Waals surface area contributed by atoms with E-state index in [0.717, 1.165) is 32.1 Å². The molecule has 144 valence electrons. The first-order valence-electron chi connectivity index (χ1n) is 10.1. The van der Waals surface area contributed by atoms with Crippen LogP contribution in [0.15, 0.2) is 23.8 Å². The van der Waals surface area contributed by atoms with Crippen LogP contribution in [0.25, 0.3) is 0 Å². The normalized spacial score (nSPS) is 50.5. The molecule has 0 aromatic carbocycles. The number of ketones is 1. The van der Waals surface area contributed by atoms with Crippen molar-refractivity contribution in [2.24, 2.45) is 28.6 Å². The molecule has 0 radical (unpaired) electrons. The van der Waals surface area contributed by atoms with Crippen LogP contribution < -0.4 is 0 Å². The lowest BCUT2D eigenvalue weighted by atomic mass is 9.45. The van der Waals surface area contributed by atoms with Gasteiger partial charge in [-0.15, -0.1) is 0 Å². The molecule has 7 atom stereocenters. The van der Waals surface area contributed by atoms with E-state index in [1.807, 2.05) is 6.92 Å². The van der Waals surface area contributed by atoms with Gasteiger partial charge in [-0.25, -0.2) is 0 Å². The summed E-state index contributed by atoms with van der Waals surface area (Å²) >= 11 is 0. The number of carbonyl (C=O) groups is 1. The summed E-state index contributed by atoms with van der Waals surface area (Å²) in [5.41, 5.74) is 0.457. The van der Waals surface area contributed by atoms with Crippen LogP contribution in [0.5, 0.6) is 0 Å². The molecule has 4 rings (SSSR count). The highest BCUT2D eigenvalue weighted by Crippen LogP contribution is 2.67. The largest absolute Gasteiger partial charge is 0.393 e.